The fraction of sp³-hybridized carbons (Fsp3) is 0.720. The normalized spacial score (nSPS) is 18.9. The average Bonchev–Trinajstić information content (AvgIpc) is 2.71. The molecule has 1 saturated heterocycles. The number of carbonyl (C=O) groups is 2. The van der Waals surface area contributed by atoms with Gasteiger partial charge in [-0.15, -0.1) is 0 Å². The van der Waals surface area contributed by atoms with Gasteiger partial charge in [0.25, 0.3) is 0 Å². The summed E-state index contributed by atoms with van der Waals surface area (Å²) in [5.41, 5.74) is 2.10. The Bertz CT molecular complexity index is 689. The third kappa shape index (κ3) is 8.60. The van der Waals surface area contributed by atoms with E-state index in [1.807, 2.05) is 17.2 Å². The van der Waals surface area contributed by atoms with Crippen molar-refractivity contribution in [1.82, 2.24) is 9.88 Å². The van der Waals surface area contributed by atoms with E-state index >= 15 is 0 Å². The minimum absolute atomic E-state index is 0.172. The predicted molar refractivity (Wildman–Crippen MR) is 122 cm³/mol. The van der Waals surface area contributed by atoms with Crippen molar-refractivity contribution >= 4 is 11.9 Å². The number of carboxylic acid groups (broad SMARTS) is 1. The molecule has 1 fully saturated rings. The molecular weight excluding hydrogens is 392 g/mol. The highest BCUT2D eigenvalue weighted by Crippen LogP contribution is 2.28. The molecule has 1 unspecified atom stereocenters. The maximum absolute atomic E-state index is 12.6. The number of unbranched alkanes of at least 4 members (excludes halogenated alkanes) is 3. The maximum atomic E-state index is 12.6. The van der Waals surface area contributed by atoms with Crippen LogP contribution in [0.4, 0.5) is 0 Å². The van der Waals surface area contributed by atoms with Gasteiger partial charge in [0.2, 0.25) is 5.91 Å². The molecule has 0 aromatic carbocycles. The number of pyridine rings is 1. The van der Waals surface area contributed by atoms with E-state index in [1.165, 1.54) is 5.56 Å². The van der Waals surface area contributed by atoms with Gasteiger partial charge < -0.3 is 15.1 Å². The number of aromatic nitrogens is 1. The fourth-order valence-electron chi connectivity index (χ4n) is 4.55. The molecule has 174 valence electrons. The van der Waals surface area contributed by atoms with E-state index in [0.717, 1.165) is 44.3 Å². The Morgan fingerprint density at radius 2 is 1.94 bits per heavy atom. The highest BCUT2D eigenvalue weighted by atomic mass is 16.4. The number of aliphatic carboxylic acids is 1. The summed E-state index contributed by atoms with van der Waals surface area (Å²) in [7, 11) is 0. The van der Waals surface area contributed by atoms with Crippen molar-refractivity contribution in [2.45, 2.75) is 103 Å². The summed E-state index contributed by atoms with van der Waals surface area (Å²) in [6.45, 7) is 7.15. The van der Waals surface area contributed by atoms with E-state index in [0.29, 0.717) is 31.6 Å². The fourth-order valence-corrected chi connectivity index (χ4v) is 4.55. The van der Waals surface area contributed by atoms with Crippen LogP contribution in [0.5, 0.6) is 0 Å². The number of likely N-dealkylation sites (tertiary alicyclic amines) is 1. The second-order valence-corrected chi connectivity index (χ2v) is 9.41. The summed E-state index contributed by atoms with van der Waals surface area (Å²) >= 11 is 0. The molecule has 6 heteroatoms. The summed E-state index contributed by atoms with van der Waals surface area (Å²) in [4.78, 5) is 29.7. The zero-order valence-electron chi connectivity index (χ0n) is 19.4. The third-order valence-electron chi connectivity index (χ3n) is 6.41. The smallest absolute Gasteiger partial charge is 0.303 e. The molecule has 0 saturated carbocycles. The molecule has 1 aromatic heterocycles. The number of carboxylic acids is 1. The molecule has 0 radical (unpaired) electrons. The molecule has 2 N–H and O–H groups in total. The number of carbonyl (C=O) groups excluding carboxylic acids is 1. The van der Waals surface area contributed by atoms with Crippen molar-refractivity contribution < 1.29 is 19.8 Å². The summed E-state index contributed by atoms with van der Waals surface area (Å²) in [5, 5.41) is 19.4. The summed E-state index contributed by atoms with van der Waals surface area (Å²) < 4.78 is 0. The maximum Gasteiger partial charge on any atom is 0.303 e. The van der Waals surface area contributed by atoms with Crippen LogP contribution in [0.1, 0.15) is 95.7 Å². The first-order chi connectivity index (χ1) is 14.8. The Morgan fingerprint density at radius 3 is 2.58 bits per heavy atom. The third-order valence-corrected chi connectivity index (χ3v) is 6.41. The van der Waals surface area contributed by atoms with Crippen molar-refractivity contribution in [3.63, 3.8) is 0 Å². The predicted octanol–water partition coefficient (Wildman–Crippen LogP) is 4.55. The second kappa shape index (κ2) is 12.8. The van der Waals surface area contributed by atoms with Crippen molar-refractivity contribution in [1.29, 1.82) is 0 Å². The number of aliphatic hydroxyl groups excluding tert-OH is 1. The Hall–Kier alpha value is -1.95. The van der Waals surface area contributed by atoms with Crippen LogP contribution in [0.3, 0.4) is 0 Å². The molecule has 1 aliphatic heterocycles. The monoisotopic (exact) mass is 432 g/mol. The van der Waals surface area contributed by atoms with Crippen LogP contribution in [0.25, 0.3) is 0 Å². The van der Waals surface area contributed by atoms with Gasteiger partial charge in [-0.05, 0) is 55.6 Å². The van der Waals surface area contributed by atoms with Crippen LogP contribution in [0.15, 0.2) is 18.3 Å². The first kappa shape index (κ1) is 25.3. The van der Waals surface area contributed by atoms with Gasteiger partial charge in [-0.3, -0.25) is 14.6 Å². The molecule has 1 aromatic rings. The molecule has 1 aliphatic rings. The Morgan fingerprint density at radius 1 is 1.19 bits per heavy atom. The minimum Gasteiger partial charge on any atom is -0.481 e. The zero-order chi connectivity index (χ0) is 22.8. The van der Waals surface area contributed by atoms with Crippen LogP contribution in [-0.2, 0) is 16.0 Å². The molecular formula is C25H40N2O4. The molecule has 2 heterocycles. The van der Waals surface area contributed by atoms with Crippen molar-refractivity contribution in [2.75, 3.05) is 6.54 Å². The van der Waals surface area contributed by atoms with Crippen LogP contribution >= 0.6 is 0 Å². The Balaban J connectivity index is 1.83. The number of amides is 1. The van der Waals surface area contributed by atoms with Crippen molar-refractivity contribution in [3.05, 3.63) is 29.6 Å². The van der Waals surface area contributed by atoms with E-state index in [9.17, 15) is 14.7 Å². The van der Waals surface area contributed by atoms with Crippen molar-refractivity contribution in [3.8, 4) is 0 Å². The lowest BCUT2D eigenvalue weighted by Crippen LogP contribution is -2.48. The Labute approximate surface area is 187 Å². The lowest BCUT2D eigenvalue weighted by molar-refractivity contribution is -0.138. The Kier molecular flexibility index (Phi) is 10.4. The number of hydrogen-bond acceptors (Lipinski definition) is 4. The molecule has 0 spiro atoms. The molecule has 0 aliphatic carbocycles. The van der Waals surface area contributed by atoms with E-state index in [1.54, 1.807) is 0 Å². The van der Waals surface area contributed by atoms with E-state index < -0.39 is 12.1 Å². The first-order valence-corrected chi connectivity index (χ1v) is 11.9. The van der Waals surface area contributed by atoms with Crippen LogP contribution in [-0.4, -0.2) is 50.7 Å². The number of piperidine rings is 1. The van der Waals surface area contributed by atoms with Crippen molar-refractivity contribution in [2.24, 2.45) is 5.92 Å². The first-order valence-electron chi connectivity index (χ1n) is 11.9. The second-order valence-electron chi connectivity index (χ2n) is 9.41. The highest BCUT2D eigenvalue weighted by Gasteiger charge is 2.32. The molecule has 2 rings (SSSR count). The number of aliphatic hydroxyl groups is 1. The molecule has 0 bridgehead atoms. The zero-order valence-corrected chi connectivity index (χ0v) is 19.4. The standard InChI is InChI=1S/C25H40N2O4/c1-18(2)20-12-13-21(26-17-20)16-22(28)15-19(3)23-9-8-10-24(29)27(23)14-7-5-4-6-11-25(30)31/h12-13,17-19,22-23,28H,4-11,14-16H2,1-3H3,(H,30,31)/t19-,22?,23+/m0/s1. The topological polar surface area (TPSA) is 90.7 Å². The van der Waals surface area contributed by atoms with Crippen LogP contribution in [0, 0.1) is 5.92 Å². The van der Waals surface area contributed by atoms with E-state index in [2.05, 4.69) is 31.8 Å². The largest absolute Gasteiger partial charge is 0.481 e. The number of nitrogens with zero attached hydrogens (tertiary/aromatic N) is 2. The van der Waals surface area contributed by atoms with Gasteiger partial charge in [-0.2, -0.15) is 0 Å². The number of hydrogen-bond donors (Lipinski definition) is 2. The van der Waals surface area contributed by atoms with Gasteiger partial charge in [0.1, 0.15) is 0 Å². The highest BCUT2D eigenvalue weighted by molar-refractivity contribution is 5.77. The van der Waals surface area contributed by atoms with Crippen LogP contribution in [0.2, 0.25) is 0 Å². The quantitative estimate of drug-likeness (QED) is 0.446. The van der Waals surface area contributed by atoms with E-state index in [-0.39, 0.29) is 24.3 Å². The molecule has 1 amide bonds. The number of rotatable bonds is 13. The lowest BCUT2D eigenvalue weighted by atomic mass is 9.86. The van der Waals surface area contributed by atoms with Gasteiger partial charge in [0.05, 0.1) is 6.10 Å². The van der Waals surface area contributed by atoms with Crippen LogP contribution < -0.4 is 0 Å². The average molecular weight is 433 g/mol. The van der Waals surface area contributed by atoms with Gasteiger partial charge >= 0.3 is 5.97 Å². The molecule has 6 nitrogen and oxygen atoms in total. The van der Waals surface area contributed by atoms with Gasteiger partial charge in [0.15, 0.2) is 0 Å². The molecule has 3 atom stereocenters. The minimum atomic E-state index is -0.746. The summed E-state index contributed by atoms with van der Waals surface area (Å²) in [5.74, 6) is 0.137. The summed E-state index contributed by atoms with van der Waals surface area (Å²) in [6.07, 6.45) is 8.77. The van der Waals surface area contributed by atoms with Gasteiger partial charge in [0, 0.05) is 43.7 Å². The van der Waals surface area contributed by atoms with E-state index in [4.69, 9.17) is 5.11 Å². The SMILES string of the molecule is CC(C)c1ccc(CC(O)C[C@H](C)[C@H]2CCCC(=O)N2CCCCCCC(=O)O)nc1. The lowest BCUT2D eigenvalue weighted by Gasteiger charge is -2.40. The molecule has 31 heavy (non-hydrogen) atoms. The van der Waals surface area contributed by atoms with Gasteiger partial charge in [-0.25, -0.2) is 0 Å². The summed E-state index contributed by atoms with van der Waals surface area (Å²) in [6, 6.07) is 4.26. The van der Waals surface area contributed by atoms with Gasteiger partial charge in [-0.1, -0.05) is 39.7 Å².